The summed E-state index contributed by atoms with van der Waals surface area (Å²) in [6.07, 6.45) is 0. The third-order valence-corrected chi connectivity index (χ3v) is 5.82. The zero-order valence-electron chi connectivity index (χ0n) is 18.7. The smallest absolute Gasteiger partial charge is 1.00 e. The minimum atomic E-state index is -1.28. The molecular formula is C24H14BaO8. The van der Waals surface area contributed by atoms with Gasteiger partial charge in [0.25, 0.3) is 0 Å². The first kappa shape index (κ1) is 23.0. The van der Waals surface area contributed by atoms with Crippen molar-refractivity contribution in [2.45, 2.75) is 0 Å². The van der Waals surface area contributed by atoms with Crippen molar-refractivity contribution in [2.75, 3.05) is 0 Å². The van der Waals surface area contributed by atoms with Crippen LogP contribution in [0.4, 0.5) is 0 Å². The number of carboxylic acid groups (broad SMARTS) is 4. The number of hydrogen-bond acceptors (Lipinski definition) is 4. The third-order valence-electron chi connectivity index (χ3n) is 5.82. The Kier molecular flexibility index (Phi) is 5.59. The molecule has 0 saturated carbocycles. The molecule has 5 aromatic carbocycles. The fourth-order valence-electron chi connectivity index (χ4n) is 4.60. The fourth-order valence-corrected chi connectivity index (χ4v) is 4.60. The van der Waals surface area contributed by atoms with Crippen molar-refractivity contribution >= 4 is 116 Å². The van der Waals surface area contributed by atoms with Crippen molar-refractivity contribution in [3.63, 3.8) is 0 Å². The molecule has 5 rings (SSSR count). The van der Waals surface area contributed by atoms with Crippen LogP contribution in [0.3, 0.4) is 0 Å². The van der Waals surface area contributed by atoms with Gasteiger partial charge in [-0.3, -0.25) is 0 Å². The molecule has 0 unspecified atom stereocenters. The Hall–Kier alpha value is -3.15. The van der Waals surface area contributed by atoms with Crippen molar-refractivity contribution in [3.05, 3.63) is 70.8 Å². The average molecular weight is 568 g/mol. The summed E-state index contributed by atoms with van der Waals surface area (Å²) in [5.41, 5.74) is -0.696. The predicted octanol–water partition coefficient (Wildman–Crippen LogP) is 4.37. The summed E-state index contributed by atoms with van der Waals surface area (Å²) in [7, 11) is 0. The first-order valence-corrected chi connectivity index (χ1v) is 9.35. The summed E-state index contributed by atoms with van der Waals surface area (Å²) in [4.78, 5) is 47.5. The van der Waals surface area contributed by atoms with Crippen LogP contribution in [0.1, 0.15) is 44.3 Å². The van der Waals surface area contributed by atoms with E-state index < -0.39 is 23.9 Å². The molecule has 0 radical (unpaired) electrons. The van der Waals surface area contributed by atoms with Crippen LogP contribution < -0.4 is 0 Å². The van der Waals surface area contributed by atoms with Gasteiger partial charge in [-0.05, 0) is 56.6 Å². The van der Waals surface area contributed by atoms with Gasteiger partial charge in [0.15, 0.2) is 0 Å². The van der Waals surface area contributed by atoms with E-state index in [0.717, 1.165) is 0 Å². The van der Waals surface area contributed by atoms with Gasteiger partial charge in [-0.2, -0.15) is 0 Å². The molecule has 0 aliphatic carbocycles. The molecule has 9 heteroatoms. The molecule has 4 N–H and O–H groups in total. The molecule has 0 saturated heterocycles. The second-order valence-electron chi connectivity index (χ2n) is 7.36. The van der Waals surface area contributed by atoms with Gasteiger partial charge in [0.05, 0.1) is 22.3 Å². The Morgan fingerprint density at radius 3 is 0.818 bits per heavy atom. The molecule has 0 fully saturated rings. The van der Waals surface area contributed by atoms with Crippen molar-refractivity contribution < 1.29 is 42.5 Å². The Morgan fingerprint density at radius 2 is 0.636 bits per heavy atom. The Bertz CT molecular complexity index is 1460. The number of aromatic carboxylic acids is 4. The summed E-state index contributed by atoms with van der Waals surface area (Å²) in [6, 6.07) is 11.4. The van der Waals surface area contributed by atoms with Gasteiger partial charge in [-0.15, -0.1) is 0 Å². The Labute approximate surface area is 227 Å². The van der Waals surface area contributed by atoms with Crippen molar-refractivity contribution in [3.8, 4) is 0 Å². The van der Waals surface area contributed by atoms with E-state index >= 15 is 0 Å². The molecule has 0 amide bonds. The second kappa shape index (κ2) is 8.01. The van der Waals surface area contributed by atoms with Crippen molar-refractivity contribution in [1.82, 2.24) is 0 Å². The van der Waals surface area contributed by atoms with Gasteiger partial charge in [0.1, 0.15) is 0 Å². The number of carboxylic acids is 4. The summed E-state index contributed by atoms with van der Waals surface area (Å²) in [6.45, 7) is 0. The van der Waals surface area contributed by atoms with Crippen LogP contribution in [0.25, 0.3) is 43.1 Å². The summed E-state index contributed by atoms with van der Waals surface area (Å²) < 4.78 is 0. The SMILES string of the molecule is O=C(O)c1ccc2c3ccc(C(=O)O)c4c(C(=O)O)ccc(c5ccc(C(=O)O)c1c25)c43.[Ba+2].[H-].[H-]. The molecule has 33 heavy (non-hydrogen) atoms. The van der Waals surface area contributed by atoms with Gasteiger partial charge in [-0.25, -0.2) is 19.2 Å². The Morgan fingerprint density at radius 1 is 0.424 bits per heavy atom. The maximum absolute atomic E-state index is 11.9. The minimum Gasteiger partial charge on any atom is -1.00 e. The molecule has 0 aromatic heterocycles. The maximum Gasteiger partial charge on any atom is 2.00 e. The molecule has 0 spiro atoms. The van der Waals surface area contributed by atoms with Gasteiger partial charge in [0.2, 0.25) is 0 Å². The number of fused-ring (bicyclic) bond motifs is 2. The standard InChI is InChI=1S/C24H12O8.Ba.2H/c25-21(26)13-5-1-9-10-2-6-15(23(29)30)20-16(24(31)32)8-4-12(18(10)20)11-3-7-14(22(27)28)19(13)17(9)11;;;/h1-8H,(H,25,26)(H,27,28)(H,29,30)(H,31,32);;;/q;+2;2*-1. The van der Waals surface area contributed by atoms with Crippen LogP contribution in [0, 0.1) is 0 Å². The van der Waals surface area contributed by atoms with Gasteiger partial charge in [-0.1, -0.05) is 24.3 Å². The van der Waals surface area contributed by atoms with Crippen LogP contribution in [-0.4, -0.2) is 93.2 Å². The van der Waals surface area contributed by atoms with Gasteiger partial charge >= 0.3 is 72.8 Å². The van der Waals surface area contributed by atoms with Crippen molar-refractivity contribution in [1.29, 1.82) is 0 Å². The van der Waals surface area contributed by atoms with E-state index in [9.17, 15) is 39.6 Å². The number of carbonyl (C=O) groups is 4. The van der Waals surface area contributed by atoms with E-state index in [4.69, 9.17) is 0 Å². The summed E-state index contributed by atoms with van der Waals surface area (Å²) in [5.74, 6) is -5.13. The van der Waals surface area contributed by atoms with E-state index in [1.165, 1.54) is 48.5 Å². The molecule has 0 aliphatic rings. The van der Waals surface area contributed by atoms with E-state index in [1.807, 2.05) is 0 Å². The topological polar surface area (TPSA) is 149 Å². The fraction of sp³-hybridized carbons (Fsp3) is 0. The van der Waals surface area contributed by atoms with E-state index in [-0.39, 0.29) is 84.8 Å². The first-order chi connectivity index (χ1) is 15.2. The number of rotatable bonds is 4. The third kappa shape index (κ3) is 3.18. The second-order valence-corrected chi connectivity index (χ2v) is 7.36. The van der Waals surface area contributed by atoms with Crippen LogP contribution in [0.2, 0.25) is 0 Å². The number of benzene rings is 5. The minimum absolute atomic E-state index is 0. The predicted molar refractivity (Wildman–Crippen MR) is 123 cm³/mol. The normalized spacial score (nSPS) is 11.2. The van der Waals surface area contributed by atoms with E-state index in [0.29, 0.717) is 32.3 Å². The number of hydrogen-bond donors (Lipinski definition) is 4. The molecule has 0 heterocycles. The maximum atomic E-state index is 11.9. The molecular weight excluding hydrogens is 554 g/mol. The molecule has 0 bridgehead atoms. The van der Waals surface area contributed by atoms with Gasteiger partial charge in [0, 0.05) is 10.8 Å². The Balaban J connectivity index is 0.00000144. The van der Waals surface area contributed by atoms with Crippen LogP contribution in [-0.2, 0) is 0 Å². The molecule has 160 valence electrons. The molecule has 0 atom stereocenters. The van der Waals surface area contributed by atoms with Crippen LogP contribution in [0.5, 0.6) is 0 Å². The zero-order valence-corrected chi connectivity index (χ0v) is 21.2. The molecule has 8 nitrogen and oxygen atoms in total. The van der Waals surface area contributed by atoms with E-state index in [2.05, 4.69) is 0 Å². The van der Waals surface area contributed by atoms with Gasteiger partial charge < -0.3 is 23.3 Å². The van der Waals surface area contributed by atoms with Crippen LogP contribution in [0.15, 0.2) is 48.5 Å². The summed E-state index contributed by atoms with van der Waals surface area (Å²) >= 11 is 0. The van der Waals surface area contributed by atoms with E-state index in [1.54, 1.807) is 0 Å². The molecule has 0 aliphatic heterocycles. The quantitative estimate of drug-likeness (QED) is 0.142. The van der Waals surface area contributed by atoms with Crippen molar-refractivity contribution in [2.24, 2.45) is 0 Å². The average Bonchev–Trinajstić information content (AvgIpc) is 2.75. The first-order valence-electron chi connectivity index (χ1n) is 9.35. The largest absolute Gasteiger partial charge is 2.00 e. The molecule has 5 aromatic rings. The van der Waals surface area contributed by atoms with Crippen LogP contribution >= 0.6 is 0 Å². The monoisotopic (exact) mass is 568 g/mol. The summed E-state index contributed by atoms with van der Waals surface area (Å²) in [5, 5.41) is 41.7. The zero-order chi connectivity index (χ0) is 22.9.